The molecule has 1 aromatic heterocycles. The van der Waals surface area contributed by atoms with Crippen molar-refractivity contribution in [3.63, 3.8) is 0 Å². The minimum atomic E-state index is -0.938. The average molecular weight is 518 g/mol. The maximum absolute atomic E-state index is 13.1. The molecule has 4 N–H and O–H groups in total. The highest BCUT2D eigenvalue weighted by molar-refractivity contribution is 5.99. The first-order valence-corrected chi connectivity index (χ1v) is 12.9. The molecule has 1 heterocycles. The number of aryl methyl sites for hydroxylation is 1. The third-order valence-electron chi connectivity index (χ3n) is 7.45. The highest BCUT2D eigenvalue weighted by atomic mass is 16.4. The summed E-state index contributed by atoms with van der Waals surface area (Å²) in [6.07, 6.45) is 0. The van der Waals surface area contributed by atoms with Gasteiger partial charge in [0.25, 0.3) is 5.91 Å². The van der Waals surface area contributed by atoms with Crippen LogP contribution in [0, 0.1) is 13.8 Å². The normalized spacial score (nSPS) is 11.9. The van der Waals surface area contributed by atoms with Gasteiger partial charge in [-0.15, -0.1) is 0 Å². The summed E-state index contributed by atoms with van der Waals surface area (Å²) < 4.78 is 2.25. The second-order valence-electron chi connectivity index (χ2n) is 9.94. The largest absolute Gasteiger partial charge is 0.478 e. The number of nitrogens with two attached hydrogens (primary N) is 1. The van der Waals surface area contributed by atoms with Gasteiger partial charge in [0.05, 0.1) is 11.6 Å². The van der Waals surface area contributed by atoms with E-state index in [2.05, 4.69) is 23.7 Å². The summed E-state index contributed by atoms with van der Waals surface area (Å²) in [6.45, 7) is 6.80. The lowest BCUT2D eigenvalue weighted by atomic mass is 9.99. The minimum Gasteiger partial charge on any atom is -0.478 e. The van der Waals surface area contributed by atoms with Crippen LogP contribution in [0.25, 0.3) is 22.0 Å². The van der Waals surface area contributed by atoms with Crippen LogP contribution in [0.3, 0.4) is 0 Å². The van der Waals surface area contributed by atoms with E-state index < -0.39 is 5.97 Å². The number of nitrogens with one attached hydrogen (secondary N) is 1. The number of carbonyl (C=O) groups excluding carboxylic acids is 1. The molecule has 0 aliphatic rings. The molecule has 0 bridgehead atoms. The zero-order chi connectivity index (χ0) is 27.7. The maximum Gasteiger partial charge on any atom is 0.336 e. The van der Waals surface area contributed by atoms with E-state index in [1.807, 2.05) is 85.8 Å². The monoisotopic (exact) mass is 517 g/mol. The number of aromatic nitrogens is 1. The smallest absolute Gasteiger partial charge is 0.336 e. The Hall–Kier alpha value is -4.84. The lowest BCUT2D eigenvalue weighted by Gasteiger charge is -2.15. The number of fused-ring (bicyclic) bond motifs is 1. The zero-order valence-corrected chi connectivity index (χ0v) is 22.2. The van der Waals surface area contributed by atoms with Gasteiger partial charge in [0.1, 0.15) is 0 Å². The van der Waals surface area contributed by atoms with Crippen molar-refractivity contribution in [2.24, 2.45) is 0 Å². The summed E-state index contributed by atoms with van der Waals surface area (Å²) in [5, 5.41) is 13.7. The van der Waals surface area contributed by atoms with Crippen LogP contribution < -0.4 is 11.1 Å². The maximum atomic E-state index is 13.1. The first-order chi connectivity index (χ1) is 18.7. The molecule has 4 aromatic carbocycles. The molecule has 0 radical (unpaired) electrons. The molecule has 5 rings (SSSR count). The molecule has 0 saturated carbocycles. The number of hydrogen-bond acceptors (Lipinski definition) is 3. The number of amides is 1. The fourth-order valence-corrected chi connectivity index (χ4v) is 5.04. The topological polar surface area (TPSA) is 97.3 Å². The van der Waals surface area contributed by atoms with Crippen LogP contribution >= 0.6 is 0 Å². The Morgan fingerprint density at radius 1 is 0.923 bits per heavy atom. The number of benzene rings is 4. The van der Waals surface area contributed by atoms with Crippen LogP contribution in [-0.4, -0.2) is 21.6 Å². The fourth-order valence-electron chi connectivity index (χ4n) is 5.04. The van der Waals surface area contributed by atoms with E-state index in [-0.39, 0.29) is 17.5 Å². The van der Waals surface area contributed by atoms with Gasteiger partial charge in [-0.1, -0.05) is 54.6 Å². The Balaban J connectivity index is 1.38. The van der Waals surface area contributed by atoms with E-state index in [0.29, 0.717) is 23.4 Å². The molecule has 0 aliphatic carbocycles. The Morgan fingerprint density at radius 3 is 2.31 bits per heavy atom. The first kappa shape index (κ1) is 25.8. The molecule has 6 heteroatoms. The molecule has 5 aromatic rings. The number of carboxylic acids is 1. The molecule has 0 fully saturated rings. The summed E-state index contributed by atoms with van der Waals surface area (Å²) in [5.74, 6) is -1.06. The standard InChI is InChI=1S/C33H31N3O3/c1-20-22(3)36(19-23-8-10-25(11-9-23)28-6-4-5-7-29(28)33(38)39)31-17-14-26(18-30(20)31)32(37)35-21(2)24-12-15-27(34)16-13-24/h4-18,21H,19,34H2,1-3H3,(H,35,37)(H,38,39). The zero-order valence-electron chi connectivity index (χ0n) is 22.2. The van der Waals surface area contributed by atoms with E-state index in [1.54, 1.807) is 12.1 Å². The van der Waals surface area contributed by atoms with E-state index in [9.17, 15) is 14.7 Å². The van der Waals surface area contributed by atoms with Gasteiger partial charge in [-0.2, -0.15) is 0 Å². The van der Waals surface area contributed by atoms with Crippen molar-refractivity contribution >= 4 is 28.5 Å². The predicted molar refractivity (Wildman–Crippen MR) is 156 cm³/mol. The highest BCUT2D eigenvalue weighted by Crippen LogP contribution is 2.29. The van der Waals surface area contributed by atoms with Crippen LogP contribution in [0.4, 0.5) is 5.69 Å². The fraction of sp³-hybridized carbons (Fsp3) is 0.152. The number of carboxylic acid groups (broad SMARTS) is 1. The molecule has 0 spiro atoms. The van der Waals surface area contributed by atoms with Crippen LogP contribution in [0.5, 0.6) is 0 Å². The first-order valence-electron chi connectivity index (χ1n) is 12.9. The van der Waals surface area contributed by atoms with Gasteiger partial charge < -0.3 is 20.7 Å². The molecule has 0 aliphatic heterocycles. The number of nitrogen functional groups attached to an aromatic ring is 1. The van der Waals surface area contributed by atoms with Gasteiger partial charge in [0, 0.05) is 34.4 Å². The Kier molecular flexibility index (Phi) is 6.94. The van der Waals surface area contributed by atoms with Gasteiger partial charge >= 0.3 is 5.97 Å². The second-order valence-corrected chi connectivity index (χ2v) is 9.94. The minimum absolute atomic E-state index is 0.122. The van der Waals surface area contributed by atoms with Gasteiger partial charge in [-0.3, -0.25) is 4.79 Å². The average Bonchev–Trinajstić information content (AvgIpc) is 3.18. The van der Waals surface area contributed by atoms with Gasteiger partial charge in [-0.05, 0) is 85.0 Å². The Morgan fingerprint density at radius 2 is 1.62 bits per heavy atom. The van der Waals surface area contributed by atoms with Crippen LogP contribution in [0.2, 0.25) is 0 Å². The summed E-state index contributed by atoms with van der Waals surface area (Å²) in [4.78, 5) is 24.7. The van der Waals surface area contributed by atoms with E-state index >= 15 is 0 Å². The molecule has 1 atom stereocenters. The van der Waals surface area contributed by atoms with Crippen molar-refractivity contribution in [3.05, 3.63) is 125 Å². The summed E-state index contributed by atoms with van der Waals surface area (Å²) >= 11 is 0. The Bertz CT molecular complexity index is 1680. The number of carbonyl (C=O) groups is 2. The van der Waals surface area contributed by atoms with Gasteiger partial charge in [-0.25, -0.2) is 4.79 Å². The quantitative estimate of drug-likeness (QED) is 0.208. The summed E-state index contributed by atoms with van der Waals surface area (Å²) in [6, 6.07) is 28.3. The molecule has 1 amide bonds. The van der Waals surface area contributed by atoms with Crippen molar-refractivity contribution < 1.29 is 14.7 Å². The van der Waals surface area contributed by atoms with Crippen molar-refractivity contribution in [1.29, 1.82) is 0 Å². The highest BCUT2D eigenvalue weighted by Gasteiger charge is 2.17. The van der Waals surface area contributed by atoms with Crippen molar-refractivity contribution in [1.82, 2.24) is 9.88 Å². The number of nitrogens with zero attached hydrogens (tertiary/aromatic N) is 1. The van der Waals surface area contributed by atoms with Gasteiger partial charge in [0.2, 0.25) is 0 Å². The van der Waals surface area contributed by atoms with Crippen molar-refractivity contribution in [3.8, 4) is 11.1 Å². The summed E-state index contributed by atoms with van der Waals surface area (Å²) in [7, 11) is 0. The van der Waals surface area contributed by atoms with E-state index in [4.69, 9.17) is 5.73 Å². The third-order valence-corrected chi connectivity index (χ3v) is 7.45. The second kappa shape index (κ2) is 10.5. The third kappa shape index (κ3) is 5.14. The number of rotatable bonds is 7. The molecular weight excluding hydrogens is 486 g/mol. The number of aromatic carboxylic acids is 1. The number of anilines is 1. The predicted octanol–water partition coefficient (Wildman–Crippen LogP) is 6.74. The van der Waals surface area contributed by atoms with Crippen molar-refractivity contribution in [2.75, 3.05) is 5.73 Å². The molecule has 0 saturated heterocycles. The molecule has 196 valence electrons. The number of hydrogen-bond donors (Lipinski definition) is 3. The molecule has 6 nitrogen and oxygen atoms in total. The Labute approximate surface area is 227 Å². The van der Waals surface area contributed by atoms with E-state index in [1.165, 1.54) is 0 Å². The molecule has 1 unspecified atom stereocenters. The lowest BCUT2D eigenvalue weighted by molar-refractivity contribution is 0.0697. The molecular formula is C33H31N3O3. The molecule has 39 heavy (non-hydrogen) atoms. The van der Waals surface area contributed by atoms with Crippen LogP contribution in [-0.2, 0) is 6.54 Å². The van der Waals surface area contributed by atoms with Crippen molar-refractivity contribution in [2.45, 2.75) is 33.4 Å². The lowest BCUT2D eigenvalue weighted by Crippen LogP contribution is -2.26. The SMILES string of the molecule is Cc1c(C)n(Cc2ccc(-c3ccccc3C(=O)O)cc2)c2ccc(C(=O)NC(C)c3ccc(N)cc3)cc12. The van der Waals surface area contributed by atoms with Gasteiger partial charge in [0.15, 0.2) is 0 Å². The van der Waals surface area contributed by atoms with E-state index in [0.717, 1.165) is 38.9 Å². The van der Waals surface area contributed by atoms with Crippen LogP contribution in [0.15, 0.2) is 91.0 Å². The van der Waals surface area contributed by atoms with Crippen LogP contribution in [0.1, 0.15) is 56.1 Å². The summed E-state index contributed by atoms with van der Waals surface area (Å²) in [5.41, 5.74) is 14.4.